The van der Waals surface area contributed by atoms with E-state index in [1.54, 1.807) is 85.8 Å². The normalized spacial score (nSPS) is 12.2. The van der Waals surface area contributed by atoms with Crippen LogP contribution in [-0.4, -0.2) is 72.3 Å². The van der Waals surface area contributed by atoms with Crippen molar-refractivity contribution in [3.8, 4) is 33.4 Å². The number of fused-ring (bicyclic) bond motifs is 3. The average molecular weight is 1350 g/mol. The van der Waals surface area contributed by atoms with Gasteiger partial charge in [-0.25, -0.2) is 23.4 Å². The summed E-state index contributed by atoms with van der Waals surface area (Å²) in [5.41, 5.74) is 4.87. The van der Waals surface area contributed by atoms with E-state index in [1.807, 2.05) is 109 Å². The van der Waals surface area contributed by atoms with E-state index in [0.717, 1.165) is 84.2 Å². The zero-order chi connectivity index (χ0) is 67.8. The molecule has 0 aliphatic carbocycles. The monoisotopic (exact) mass is 1350 g/mol. The van der Waals surface area contributed by atoms with Crippen LogP contribution < -0.4 is 5.73 Å². The Hall–Kier alpha value is -10.6. The lowest BCUT2D eigenvalue weighted by Crippen LogP contribution is -2.23. The van der Waals surface area contributed by atoms with Gasteiger partial charge in [-0.15, -0.1) is 0 Å². The molecule has 12 nitrogen and oxygen atoms in total. The van der Waals surface area contributed by atoms with Gasteiger partial charge in [0.25, 0.3) is 9.84 Å². The van der Waals surface area contributed by atoms with E-state index in [1.165, 1.54) is 43.3 Å². The molecule has 12 aromatic rings. The molecular weight excluding hydrogens is 1300 g/mol. The maximum absolute atomic E-state index is 12.7. The minimum Gasteiger partial charge on any atom is -0.366 e. The topological polar surface area (TPSA) is 197 Å². The molecule has 12 rings (SSSR count). The Balaban J connectivity index is 0.000000155. The summed E-state index contributed by atoms with van der Waals surface area (Å²) < 4.78 is 135. The quantitative estimate of drug-likeness (QED) is 0.0435. The summed E-state index contributed by atoms with van der Waals surface area (Å²) in [6.45, 7) is 3.06. The molecule has 0 radical (unpaired) electrons. The number of carbonyl (C=O) groups is 3. The summed E-state index contributed by atoms with van der Waals surface area (Å²) in [5.74, 6) is 1.21. The number of Topliss-reactive ketones (excluding diaryl/α,β-unsaturated/α-hetero) is 2. The van der Waals surface area contributed by atoms with Crippen molar-refractivity contribution < 1.29 is 62.3 Å². The van der Waals surface area contributed by atoms with Crippen molar-refractivity contribution in [2.24, 2.45) is 5.73 Å². The predicted molar refractivity (Wildman–Crippen MR) is 356 cm³/mol. The van der Waals surface area contributed by atoms with Gasteiger partial charge in [-0.1, -0.05) is 140 Å². The lowest BCUT2D eigenvalue weighted by molar-refractivity contribution is -0.0437. The Morgan fingerprint density at radius 3 is 1.02 bits per heavy atom. The van der Waals surface area contributed by atoms with E-state index < -0.39 is 37.2 Å². The number of halogens is 9. The van der Waals surface area contributed by atoms with Crippen molar-refractivity contribution in [3.63, 3.8) is 0 Å². The van der Waals surface area contributed by atoms with Crippen molar-refractivity contribution in [1.29, 1.82) is 0 Å². The summed E-state index contributed by atoms with van der Waals surface area (Å²) >= 11 is -0.277. The molecule has 0 aliphatic heterocycles. The Bertz CT molecular complexity index is 4840. The van der Waals surface area contributed by atoms with Crippen molar-refractivity contribution in [2.45, 2.75) is 45.1 Å². The summed E-state index contributed by atoms with van der Waals surface area (Å²) in [6.07, 6.45) is 10.3. The van der Waals surface area contributed by atoms with Crippen molar-refractivity contribution in [2.75, 3.05) is 0 Å². The number of aromatic amines is 3. The minimum atomic E-state index is -5.38. The summed E-state index contributed by atoms with van der Waals surface area (Å²) in [6, 6.07) is 55.5. The number of amides is 1. The third kappa shape index (κ3) is 17.2. The van der Waals surface area contributed by atoms with Gasteiger partial charge < -0.3 is 20.7 Å². The van der Waals surface area contributed by atoms with E-state index >= 15 is 0 Å². The highest BCUT2D eigenvalue weighted by Gasteiger charge is 2.46. The molecule has 0 saturated heterocycles. The maximum Gasteiger partial charge on any atom is 0.501 e. The van der Waals surface area contributed by atoms with Crippen LogP contribution in [0.3, 0.4) is 0 Å². The number of nitrogens with zero attached hydrogens (tertiary/aromatic N) is 3. The van der Waals surface area contributed by atoms with Gasteiger partial charge in [-0.05, 0) is 185 Å². The van der Waals surface area contributed by atoms with E-state index in [4.69, 9.17) is 5.73 Å². The molecule has 3 aromatic heterocycles. The SMILES string of the molecule is CC(=O)c1ccccc1-c1ccc2nc(/C=C/c3ccc(S(=O)(=O)C(F)(F)F)cc3)[nH]c2c1.CC(=O)c1ccccc1-c1ccc2nc(/C=C/c3ccc(SC(F)(F)F)cc3)[nH]c2c1.NC(=O)c1ccccc1-c1ccc2nc(/C=C/c3ccc(SC(F)(F)F)cc3)[nH]c2c1. The third-order valence-corrected chi connectivity index (χ3v) is 17.2. The van der Waals surface area contributed by atoms with Crippen LogP contribution >= 0.6 is 23.5 Å². The van der Waals surface area contributed by atoms with E-state index in [-0.39, 0.29) is 44.9 Å². The van der Waals surface area contributed by atoms with Crippen LogP contribution in [0.25, 0.3) is 103 Å². The number of benzene rings is 9. The van der Waals surface area contributed by atoms with Gasteiger partial charge >= 0.3 is 16.5 Å². The van der Waals surface area contributed by atoms with Crippen molar-refractivity contribution in [3.05, 3.63) is 251 Å². The third-order valence-electron chi connectivity index (χ3n) is 14.3. The van der Waals surface area contributed by atoms with E-state index in [0.29, 0.717) is 45.2 Å². The summed E-state index contributed by atoms with van der Waals surface area (Å²) in [5, 5.41) is 0. The molecule has 24 heteroatoms. The van der Waals surface area contributed by atoms with Gasteiger partial charge in [0.15, 0.2) is 11.6 Å². The van der Waals surface area contributed by atoms with Crippen LogP contribution in [0.5, 0.6) is 0 Å². The molecular formula is C71H50F9N7O5S3. The van der Waals surface area contributed by atoms with Crippen LogP contribution in [0.2, 0.25) is 0 Å². The first-order valence-electron chi connectivity index (χ1n) is 28.4. The predicted octanol–water partition coefficient (Wildman–Crippen LogP) is 19.2. The molecule has 0 unspecified atom stereocenters. The van der Waals surface area contributed by atoms with Crippen LogP contribution in [-0.2, 0) is 9.84 Å². The number of primary amides is 1. The zero-order valence-corrected chi connectivity index (χ0v) is 52.1. The number of sulfone groups is 1. The van der Waals surface area contributed by atoms with Gasteiger partial charge in [-0.3, -0.25) is 14.4 Å². The Kier molecular flexibility index (Phi) is 20.1. The Labute approximate surface area is 544 Å². The minimum absolute atomic E-state index is 0.00332. The maximum atomic E-state index is 12.7. The molecule has 0 saturated carbocycles. The highest BCUT2D eigenvalue weighted by molar-refractivity contribution is 8.00. The van der Waals surface area contributed by atoms with Crippen molar-refractivity contribution >= 4 is 120 Å². The fraction of sp³-hybridized carbons (Fsp3) is 0.0704. The number of carbonyl (C=O) groups excluding carboxylic acids is 3. The van der Waals surface area contributed by atoms with Gasteiger partial charge in [-0.2, -0.15) is 39.5 Å². The second-order valence-corrected chi connectivity index (χ2v) is 25.1. The molecule has 95 heavy (non-hydrogen) atoms. The molecule has 0 atom stereocenters. The number of alkyl halides is 9. The largest absolute Gasteiger partial charge is 0.501 e. The smallest absolute Gasteiger partial charge is 0.366 e. The highest BCUT2D eigenvalue weighted by atomic mass is 32.2. The molecule has 0 bridgehead atoms. The first-order chi connectivity index (χ1) is 45.1. The van der Waals surface area contributed by atoms with Gasteiger partial charge in [0.2, 0.25) is 5.91 Å². The first-order valence-corrected chi connectivity index (χ1v) is 31.5. The van der Waals surface area contributed by atoms with Gasteiger partial charge in [0.05, 0.1) is 38.0 Å². The number of H-pyrrole nitrogens is 3. The van der Waals surface area contributed by atoms with Gasteiger partial charge in [0, 0.05) is 26.5 Å². The molecule has 0 spiro atoms. The summed E-state index contributed by atoms with van der Waals surface area (Å²) in [4.78, 5) is 58.1. The number of aromatic nitrogens is 6. The number of nitrogens with one attached hydrogen (secondary N) is 3. The van der Waals surface area contributed by atoms with Crippen LogP contribution in [0, 0.1) is 0 Å². The van der Waals surface area contributed by atoms with Gasteiger partial charge in [0.1, 0.15) is 17.5 Å². The fourth-order valence-corrected chi connectivity index (χ4v) is 11.7. The van der Waals surface area contributed by atoms with Crippen LogP contribution in [0.1, 0.15) is 79.1 Å². The van der Waals surface area contributed by atoms with E-state index in [9.17, 15) is 62.3 Å². The van der Waals surface area contributed by atoms with E-state index in [2.05, 4.69) is 29.9 Å². The molecule has 1 amide bonds. The zero-order valence-electron chi connectivity index (χ0n) is 49.6. The fourth-order valence-electron chi connectivity index (χ4n) is 9.84. The average Bonchev–Trinajstić information content (AvgIpc) is 1.76. The highest BCUT2D eigenvalue weighted by Crippen LogP contribution is 2.39. The number of thioether (sulfide) groups is 2. The standard InChI is InChI=1S/C24H17F3N2O3S.C24H17F3N2OS.C23H16F3N3OS/c1-15(30)19-4-2-3-5-20(19)17-9-12-21-22(14-17)29-23(28-21)13-8-16-6-10-18(11-7-16)33(31,32)24(25,26)27;1-15(30)19-4-2-3-5-20(19)17-9-12-21-22(14-17)29-23(28-21)13-8-16-6-10-18(11-7-16)31-24(25,26)27;24-23(25,26)31-16-9-5-14(6-10-16)7-12-21-28-19-11-8-15(13-20(19)29-21)17-3-1-2-4-18(17)22(27)30/h2-14H,1H3,(H,28,29);2-14H,1H3,(H,28,29);1-13H,(H2,27,30)(H,28,29)/b2*13-8+;12-7+. The number of imidazole rings is 3. The number of hydrogen-bond donors (Lipinski definition) is 4. The first kappa shape index (κ1) is 67.3. The second kappa shape index (κ2) is 28.3. The molecule has 9 aromatic carbocycles. The molecule has 5 N–H and O–H groups in total. The molecule has 0 aliphatic rings. The van der Waals surface area contributed by atoms with Crippen LogP contribution in [0.4, 0.5) is 39.5 Å². The lowest BCUT2D eigenvalue weighted by atomic mass is 9.97. The van der Waals surface area contributed by atoms with Crippen LogP contribution in [0.15, 0.2) is 215 Å². The van der Waals surface area contributed by atoms with Crippen molar-refractivity contribution in [1.82, 2.24) is 29.9 Å². The number of ketones is 2. The molecule has 0 fully saturated rings. The lowest BCUT2D eigenvalue weighted by Gasteiger charge is -2.07. The number of rotatable bonds is 15. The Morgan fingerprint density at radius 2 is 0.716 bits per heavy atom. The molecule has 3 heterocycles. The number of nitrogens with two attached hydrogens (primary N) is 1. The molecule has 480 valence electrons. The summed E-state index contributed by atoms with van der Waals surface area (Å²) in [7, 11) is -5.38. The number of hydrogen-bond acceptors (Lipinski definition) is 10. The Morgan fingerprint density at radius 1 is 0.411 bits per heavy atom. The second-order valence-electron chi connectivity index (χ2n) is 20.9.